The second kappa shape index (κ2) is 8.01. The summed E-state index contributed by atoms with van der Waals surface area (Å²) in [5, 5.41) is 10.1. The van der Waals surface area contributed by atoms with Crippen LogP contribution in [0.15, 0.2) is 60.7 Å². The van der Waals surface area contributed by atoms with E-state index in [1.54, 1.807) is 6.07 Å². The van der Waals surface area contributed by atoms with Gasteiger partial charge in [-0.2, -0.15) is 26.3 Å². The minimum absolute atomic E-state index is 0.195. The molecule has 4 unspecified atom stereocenters. The normalized spacial score (nSPS) is 27.2. The summed E-state index contributed by atoms with van der Waals surface area (Å²) < 4.78 is 83.1. The number of carboxylic acids is 1. The Morgan fingerprint density at radius 3 is 1.87 bits per heavy atom. The molecule has 0 bridgehead atoms. The number of alkyl halides is 6. The first-order valence-electron chi connectivity index (χ1n) is 9.39. The van der Waals surface area contributed by atoms with Gasteiger partial charge in [-0.25, -0.2) is 0 Å². The molecule has 3 rings (SSSR count). The number of Topliss-reactive ketones (excluding diaryl/α,β-unsaturated/α-hetero) is 1. The molecule has 1 saturated carbocycles. The van der Waals surface area contributed by atoms with Gasteiger partial charge in [-0.1, -0.05) is 60.7 Å². The molecule has 1 aliphatic rings. The van der Waals surface area contributed by atoms with Crippen LogP contribution < -0.4 is 0 Å². The van der Waals surface area contributed by atoms with Gasteiger partial charge in [0.15, 0.2) is 5.78 Å². The van der Waals surface area contributed by atoms with E-state index in [0.717, 1.165) is 0 Å². The van der Waals surface area contributed by atoms with Gasteiger partial charge >= 0.3 is 18.3 Å². The van der Waals surface area contributed by atoms with Crippen LogP contribution in [-0.4, -0.2) is 29.2 Å². The topological polar surface area (TPSA) is 54.4 Å². The van der Waals surface area contributed by atoms with Crippen LogP contribution in [0.4, 0.5) is 26.3 Å². The maximum absolute atomic E-state index is 14.0. The first-order valence-corrected chi connectivity index (χ1v) is 9.39. The van der Waals surface area contributed by atoms with Crippen LogP contribution in [0.3, 0.4) is 0 Å². The highest BCUT2D eigenvalue weighted by atomic mass is 19.4. The average Bonchev–Trinajstić information content (AvgIpc) is 2.67. The van der Waals surface area contributed by atoms with Crippen molar-refractivity contribution >= 4 is 11.8 Å². The first-order chi connectivity index (χ1) is 14.4. The number of hydrogen-bond donors (Lipinski definition) is 1. The molecule has 9 heteroatoms. The van der Waals surface area contributed by atoms with E-state index in [1.165, 1.54) is 54.6 Å². The second-order valence-corrected chi connectivity index (χ2v) is 7.66. The molecular formula is C22H18F6O3. The van der Waals surface area contributed by atoms with E-state index in [0.29, 0.717) is 5.56 Å². The lowest BCUT2D eigenvalue weighted by Gasteiger charge is -2.48. The Bertz CT molecular complexity index is 939. The zero-order chi connectivity index (χ0) is 23.0. The fourth-order valence-electron chi connectivity index (χ4n) is 4.54. The van der Waals surface area contributed by atoms with E-state index in [-0.39, 0.29) is 5.56 Å². The van der Waals surface area contributed by atoms with Crippen molar-refractivity contribution in [3.63, 3.8) is 0 Å². The average molecular weight is 444 g/mol. The summed E-state index contributed by atoms with van der Waals surface area (Å²) in [7, 11) is 0. The number of benzene rings is 2. The Labute approximate surface area is 173 Å². The molecule has 1 fully saturated rings. The number of hydrogen-bond acceptors (Lipinski definition) is 2. The largest absolute Gasteiger partial charge is 0.481 e. The predicted octanol–water partition coefficient (Wildman–Crippen LogP) is 5.20. The third-order valence-electron chi connectivity index (χ3n) is 5.93. The summed E-state index contributed by atoms with van der Waals surface area (Å²) in [6.07, 6.45) is -12.5. The zero-order valence-electron chi connectivity index (χ0n) is 16.0. The van der Waals surface area contributed by atoms with E-state index in [4.69, 9.17) is 0 Å². The van der Waals surface area contributed by atoms with E-state index in [2.05, 4.69) is 0 Å². The lowest BCUT2D eigenvalue weighted by molar-refractivity contribution is -0.233. The highest BCUT2D eigenvalue weighted by molar-refractivity contribution is 5.92. The van der Waals surface area contributed by atoms with Crippen LogP contribution in [0, 0.1) is 17.8 Å². The molecule has 166 valence electrons. The minimum Gasteiger partial charge on any atom is -0.481 e. The quantitative estimate of drug-likeness (QED) is 0.660. The Morgan fingerprint density at radius 1 is 0.903 bits per heavy atom. The lowest BCUT2D eigenvalue weighted by Crippen LogP contribution is -2.61. The lowest BCUT2D eigenvalue weighted by atomic mass is 9.53. The van der Waals surface area contributed by atoms with Gasteiger partial charge < -0.3 is 5.11 Å². The van der Waals surface area contributed by atoms with Gasteiger partial charge in [0.2, 0.25) is 0 Å². The Hall–Kier alpha value is -2.84. The molecule has 0 spiro atoms. The number of carbonyl (C=O) groups excluding carboxylic acids is 1. The zero-order valence-corrected chi connectivity index (χ0v) is 16.0. The van der Waals surface area contributed by atoms with Gasteiger partial charge in [-0.05, 0) is 24.0 Å². The fraction of sp³-hybridized carbons (Fsp3) is 0.364. The number of halogens is 6. The SMILES string of the molecule is O=C1C(C(F)(F)F)CC(C(=O)O)(c2ccccc2)C(Cc2ccccc2)C1C(F)(F)F. The van der Waals surface area contributed by atoms with Crippen molar-refractivity contribution in [3.05, 3.63) is 71.8 Å². The molecule has 0 radical (unpaired) electrons. The van der Waals surface area contributed by atoms with E-state index in [9.17, 15) is 41.0 Å². The van der Waals surface area contributed by atoms with Gasteiger partial charge in [0, 0.05) is 5.92 Å². The van der Waals surface area contributed by atoms with Crippen molar-refractivity contribution in [2.24, 2.45) is 17.8 Å². The standard InChI is InChI=1S/C22H18F6O3/c23-21(24,25)16-12-20(19(30)31,14-9-5-2-6-10-14)15(11-13-7-3-1-4-8-13)17(18(16)29)22(26,27)28/h1-10,15-17H,11-12H2,(H,30,31). The molecular weight excluding hydrogens is 426 g/mol. The third kappa shape index (κ3) is 4.18. The molecule has 0 aliphatic heterocycles. The summed E-state index contributed by atoms with van der Waals surface area (Å²) >= 11 is 0. The molecule has 0 saturated heterocycles. The fourth-order valence-corrected chi connectivity index (χ4v) is 4.54. The van der Waals surface area contributed by atoms with Gasteiger partial charge in [0.25, 0.3) is 0 Å². The van der Waals surface area contributed by atoms with Gasteiger partial charge in [-0.3, -0.25) is 9.59 Å². The van der Waals surface area contributed by atoms with Crippen LogP contribution in [0.1, 0.15) is 17.5 Å². The highest BCUT2D eigenvalue weighted by Crippen LogP contribution is 2.56. The number of carboxylic acid groups (broad SMARTS) is 1. The van der Waals surface area contributed by atoms with Crippen molar-refractivity contribution in [2.75, 3.05) is 0 Å². The maximum atomic E-state index is 14.0. The minimum atomic E-state index is -5.35. The van der Waals surface area contributed by atoms with E-state index < -0.39 is 60.1 Å². The second-order valence-electron chi connectivity index (χ2n) is 7.66. The maximum Gasteiger partial charge on any atom is 0.398 e. The van der Waals surface area contributed by atoms with Crippen LogP contribution >= 0.6 is 0 Å². The molecule has 0 amide bonds. The van der Waals surface area contributed by atoms with Gasteiger partial charge in [-0.15, -0.1) is 0 Å². The predicted molar refractivity (Wildman–Crippen MR) is 98.1 cm³/mol. The first kappa shape index (κ1) is 22.8. The molecule has 0 aromatic heterocycles. The van der Waals surface area contributed by atoms with E-state index >= 15 is 0 Å². The number of aliphatic carboxylic acids is 1. The molecule has 0 heterocycles. The number of rotatable bonds is 4. The molecule has 1 N–H and O–H groups in total. The Balaban J connectivity index is 2.30. The van der Waals surface area contributed by atoms with Crippen molar-refractivity contribution in [1.29, 1.82) is 0 Å². The Kier molecular flexibility index (Phi) is 5.90. The number of ketones is 1. The van der Waals surface area contributed by atoms with E-state index in [1.807, 2.05) is 0 Å². The number of carbonyl (C=O) groups is 2. The van der Waals surface area contributed by atoms with Crippen LogP contribution in [0.2, 0.25) is 0 Å². The summed E-state index contributed by atoms with van der Waals surface area (Å²) in [6.45, 7) is 0. The van der Waals surface area contributed by atoms with Crippen molar-refractivity contribution in [3.8, 4) is 0 Å². The molecule has 1 aliphatic carbocycles. The van der Waals surface area contributed by atoms with Crippen LogP contribution in [0.5, 0.6) is 0 Å². The molecule has 3 nitrogen and oxygen atoms in total. The van der Waals surface area contributed by atoms with Crippen LogP contribution in [-0.2, 0) is 21.4 Å². The molecule has 4 atom stereocenters. The summed E-state index contributed by atoms with van der Waals surface area (Å²) in [4.78, 5) is 25.0. The van der Waals surface area contributed by atoms with Crippen molar-refractivity contribution in [1.82, 2.24) is 0 Å². The third-order valence-corrected chi connectivity index (χ3v) is 5.93. The van der Waals surface area contributed by atoms with Gasteiger partial charge in [0.05, 0.1) is 5.41 Å². The molecule has 2 aromatic rings. The summed E-state index contributed by atoms with van der Waals surface area (Å²) in [6, 6.07) is 14.1. The molecule has 31 heavy (non-hydrogen) atoms. The summed E-state index contributed by atoms with van der Waals surface area (Å²) in [5.41, 5.74) is -2.47. The monoisotopic (exact) mass is 444 g/mol. The highest BCUT2D eigenvalue weighted by Gasteiger charge is 2.68. The summed E-state index contributed by atoms with van der Waals surface area (Å²) in [5.74, 6) is -11.9. The smallest absolute Gasteiger partial charge is 0.398 e. The van der Waals surface area contributed by atoms with Gasteiger partial charge in [0.1, 0.15) is 11.8 Å². The molecule has 2 aromatic carbocycles. The van der Waals surface area contributed by atoms with Crippen molar-refractivity contribution < 1.29 is 41.0 Å². The Morgan fingerprint density at radius 2 is 1.42 bits per heavy atom. The van der Waals surface area contributed by atoms with Crippen LogP contribution in [0.25, 0.3) is 0 Å². The van der Waals surface area contributed by atoms with Crippen molar-refractivity contribution in [2.45, 2.75) is 30.6 Å².